The van der Waals surface area contributed by atoms with Crippen LogP contribution in [0, 0.1) is 0 Å². The van der Waals surface area contributed by atoms with Gasteiger partial charge in [0.2, 0.25) is 0 Å². The number of nitrogens with one attached hydrogen (secondary N) is 1. The maximum atomic E-state index is 9.71. The molecule has 0 atom stereocenters. The first-order valence-electron chi connectivity index (χ1n) is 7.71. The van der Waals surface area contributed by atoms with Gasteiger partial charge in [0.25, 0.3) is 0 Å². The van der Waals surface area contributed by atoms with Gasteiger partial charge in [0.15, 0.2) is 0 Å². The van der Waals surface area contributed by atoms with Crippen molar-refractivity contribution in [2.75, 3.05) is 5.32 Å². The van der Waals surface area contributed by atoms with Crippen LogP contribution in [-0.4, -0.2) is 29.7 Å². The maximum Gasteiger partial charge on any atom is 0.142 e. The van der Waals surface area contributed by atoms with E-state index in [2.05, 4.69) is 20.4 Å². The van der Waals surface area contributed by atoms with Gasteiger partial charge in [-0.2, -0.15) is 5.10 Å². The number of hydrogen-bond acceptors (Lipinski definition) is 6. The number of rotatable bonds is 2. The number of phenolic OH excluding ortho intramolecular Hbond substituents is 1. The Morgan fingerprint density at radius 1 is 1.04 bits per heavy atom. The molecule has 0 aliphatic carbocycles. The highest BCUT2D eigenvalue weighted by Gasteiger charge is 2.15. The first kappa shape index (κ1) is 13.7. The third kappa shape index (κ3) is 2.13. The van der Waals surface area contributed by atoms with Crippen molar-refractivity contribution in [1.82, 2.24) is 24.6 Å². The molecule has 5 rings (SSSR count). The molecule has 0 unspecified atom stereocenters. The van der Waals surface area contributed by atoms with Crippen LogP contribution >= 0.6 is 0 Å². The van der Waals surface area contributed by atoms with Gasteiger partial charge >= 0.3 is 0 Å². The minimum absolute atomic E-state index is 0.188. The van der Waals surface area contributed by atoms with Crippen molar-refractivity contribution < 1.29 is 5.11 Å². The molecule has 4 heterocycles. The zero-order valence-electron chi connectivity index (χ0n) is 13.0. The number of benzene rings is 1. The number of fused-ring (bicyclic) bond motifs is 5. The third-order valence-corrected chi connectivity index (χ3v) is 4.07. The van der Waals surface area contributed by atoms with Crippen LogP contribution in [0.15, 0.2) is 61.3 Å². The Hall–Kier alpha value is -3.74. The van der Waals surface area contributed by atoms with E-state index in [-0.39, 0.29) is 5.75 Å². The molecule has 0 spiro atoms. The Morgan fingerprint density at radius 2 is 1.96 bits per heavy atom. The van der Waals surface area contributed by atoms with Crippen LogP contribution < -0.4 is 5.32 Å². The van der Waals surface area contributed by atoms with Crippen LogP contribution in [-0.2, 0) is 0 Å². The minimum atomic E-state index is 0.188. The van der Waals surface area contributed by atoms with Gasteiger partial charge in [-0.15, -0.1) is 0 Å². The van der Waals surface area contributed by atoms with Crippen molar-refractivity contribution in [2.45, 2.75) is 0 Å². The summed E-state index contributed by atoms with van der Waals surface area (Å²) in [5, 5.41) is 19.4. The maximum absolute atomic E-state index is 9.71. The fourth-order valence-corrected chi connectivity index (χ4v) is 2.98. The largest absolute Gasteiger partial charge is 0.508 e. The first-order chi connectivity index (χ1) is 12.3. The van der Waals surface area contributed by atoms with E-state index in [0.29, 0.717) is 5.82 Å². The summed E-state index contributed by atoms with van der Waals surface area (Å²) in [6.07, 6.45) is 8.72. The molecule has 1 aromatic carbocycles. The molecule has 0 saturated heterocycles. The van der Waals surface area contributed by atoms with Crippen LogP contribution in [0.2, 0.25) is 0 Å². The van der Waals surface area contributed by atoms with Gasteiger partial charge < -0.3 is 10.4 Å². The standard InChI is InChI=1S/C18H12N6O/c25-12-3-1-2-11(8-12)21-18-16-15-10-20-6-7-24(15)23-17(16)13-9-19-5-4-14(13)22-18/h1-10,25H,(H,21,22). The number of aromatic hydroxyl groups is 1. The molecule has 0 radical (unpaired) electrons. The number of phenols is 1. The normalized spacial score (nSPS) is 11.4. The molecule has 4 aromatic heterocycles. The molecule has 0 aliphatic heterocycles. The van der Waals surface area contributed by atoms with Crippen LogP contribution in [0.4, 0.5) is 11.5 Å². The lowest BCUT2D eigenvalue weighted by Gasteiger charge is -2.09. The monoisotopic (exact) mass is 328 g/mol. The van der Waals surface area contributed by atoms with Gasteiger partial charge in [-0.05, 0) is 18.2 Å². The molecular formula is C18H12N6O. The summed E-state index contributed by atoms with van der Waals surface area (Å²) in [4.78, 5) is 13.1. The molecule has 25 heavy (non-hydrogen) atoms. The lowest BCUT2D eigenvalue weighted by molar-refractivity contribution is 0.475. The van der Waals surface area contributed by atoms with E-state index in [4.69, 9.17) is 4.98 Å². The Balaban J connectivity index is 1.86. The fourth-order valence-electron chi connectivity index (χ4n) is 2.98. The quantitative estimate of drug-likeness (QED) is 0.517. The number of hydrogen-bond donors (Lipinski definition) is 2. The van der Waals surface area contributed by atoms with E-state index in [9.17, 15) is 5.11 Å². The minimum Gasteiger partial charge on any atom is -0.508 e. The van der Waals surface area contributed by atoms with Crippen molar-refractivity contribution in [3.8, 4) is 5.75 Å². The summed E-state index contributed by atoms with van der Waals surface area (Å²) >= 11 is 0. The second-order valence-electron chi connectivity index (χ2n) is 5.66. The van der Waals surface area contributed by atoms with Gasteiger partial charge in [0, 0.05) is 41.9 Å². The second-order valence-corrected chi connectivity index (χ2v) is 5.66. The summed E-state index contributed by atoms with van der Waals surface area (Å²) in [6.45, 7) is 0. The highest BCUT2D eigenvalue weighted by Crippen LogP contribution is 2.33. The van der Waals surface area contributed by atoms with Crippen LogP contribution in [0.25, 0.3) is 27.3 Å². The summed E-state index contributed by atoms with van der Waals surface area (Å²) in [5.41, 5.74) is 3.18. The van der Waals surface area contributed by atoms with Crippen LogP contribution in [0.3, 0.4) is 0 Å². The average molecular weight is 328 g/mol. The molecule has 0 saturated carbocycles. The van der Waals surface area contributed by atoms with Gasteiger partial charge in [-0.25, -0.2) is 9.50 Å². The predicted octanol–water partition coefficient (Wildman–Crippen LogP) is 3.27. The average Bonchev–Trinajstić information content (AvgIpc) is 3.02. The summed E-state index contributed by atoms with van der Waals surface area (Å²) in [7, 11) is 0. The van der Waals surface area contributed by atoms with Crippen molar-refractivity contribution in [1.29, 1.82) is 0 Å². The van der Waals surface area contributed by atoms with Gasteiger partial charge in [0.05, 0.1) is 22.6 Å². The molecule has 2 N–H and O–H groups in total. The zero-order chi connectivity index (χ0) is 16.8. The Morgan fingerprint density at radius 3 is 2.88 bits per heavy atom. The number of nitrogens with zero attached hydrogens (tertiary/aromatic N) is 5. The van der Waals surface area contributed by atoms with E-state index in [1.807, 2.05) is 12.1 Å². The van der Waals surface area contributed by atoms with E-state index >= 15 is 0 Å². The zero-order valence-corrected chi connectivity index (χ0v) is 13.0. The van der Waals surface area contributed by atoms with Crippen LogP contribution in [0.5, 0.6) is 5.75 Å². The lowest BCUT2D eigenvalue weighted by Crippen LogP contribution is -1.95. The topological polar surface area (TPSA) is 88.2 Å². The van der Waals surface area contributed by atoms with Crippen molar-refractivity contribution in [3.63, 3.8) is 0 Å². The number of pyridine rings is 2. The van der Waals surface area contributed by atoms with E-state index in [1.54, 1.807) is 53.7 Å². The smallest absolute Gasteiger partial charge is 0.142 e. The molecule has 7 heteroatoms. The van der Waals surface area contributed by atoms with E-state index in [1.165, 1.54) is 0 Å². The second kappa shape index (κ2) is 5.13. The highest BCUT2D eigenvalue weighted by molar-refractivity contribution is 6.14. The summed E-state index contributed by atoms with van der Waals surface area (Å²) in [6, 6.07) is 8.77. The molecule has 0 fully saturated rings. The summed E-state index contributed by atoms with van der Waals surface area (Å²) in [5.74, 6) is 0.843. The van der Waals surface area contributed by atoms with E-state index in [0.717, 1.165) is 33.0 Å². The SMILES string of the molecule is Oc1cccc(Nc2nc3ccncc3c3nn4ccncc4c23)c1. The lowest BCUT2D eigenvalue weighted by atomic mass is 10.2. The third-order valence-electron chi connectivity index (χ3n) is 4.07. The van der Waals surface area contributed by atoms with Crippen molar-refractivity contribution in [3.05, 3.63) is 61.3 Å². The van der Waals surface area contributed by atoms with Gasteiger partial charge in [0.1, 0.15) is 17.1 Å². The van der Waals surface area contributed by atoms with Crippen molar-refractivity contribution >= 4 is 38.8 Å². The number of anilines is 2. The van der Waals surface area contributed by atoms with E-state index < -0.39 is 0 Å². The molecule has 120 valence electrons. The molecular weight excluding hydrogens is 316 g/mol. The molecule has 7 nitrogen and oxygen atoms in total. The van der Waals surface area contributed by atoms with Crippen LogP contribution in [0.1, 0.15) is 0 Å². The Labute approximate surface area is 141 Å². The van der Waals surface area contributed by atoms with Crippen molar-refractivity contribution in [2.24, 2.45) is 0 Å². The van der Waals surface area contributed by atoms with Gasteiger partial charge in [-0.1, -0.05) is 6.07 Å². The molecule has 5 aromatic rings. The molecule has 0 amide bonds. The highest BCUT2D eigenvalue weighted by atomic mass is 16.3. The Bertz CT molecular complexity index is 1250. The molecule has 0 bridgehead atoms. The predicted molar refractivity (Wildman–Crippen MR) is 95.0 cm³/mol. The summed E-state index contributed by atoms with van der Waals surface area (Å²) < 4.78 is 1.78. The fraction of sp³-hybridized carbons (Fsp3) is 0. The first-order valence-corrected chi connectivity index (χ1v) is 7.71. The Kier molecular flexibility index (Phi) is 2.81. The number of aromatic nitrogens is 5. The van der Waals surface area contributed by atoms with Gasteiger partial charge in [-0.3, -0.25) is 9.97 Å². The molecule has 0 aliphatic rings.